The number of hydrogen-bond acceptors (Lipinski definition) is 5. The van der Waals surface area contributed by atoms with Crippen molar-refractivity contribution < 1.29 is 27.7 Å². The van der Waals surface area contributed by atoms with Crippen LogP contribution < -0.4 is 0 Å². The van der Waals surface area contributed by atoms with Crippen LogP contribution in [0, 0.1) is 0 Å². The van der Waals surface area contributed by atoms with Crippen molar-refractivity contribution in [2.24, 2.45) is 0 Å². The lowest BCUT2D eigenvalue weighted by Gasteiger charge is -2.28. The Labute approximate surface area is 131 Å². The van der Waals surface area contributed by atoms with Gasteiger partial charge in [0.1, 0.15) is 0 Å². The molecule has 0 aromatic rings. The third kappa shape index (κ3) is 6.76. The highest BCUT2D eigenvalue weighted by Crippen LogP contribution is 2.62. The van der Waals surface area contributed by atoms with Gasteiger partial charge in [-0.05, 0) is 37.5 Å². The summed E-state index contributed by atoms with van der Waals surface area (Å²) in [5.74, 6) is 0. The van der Waals surface area contributed by atoms with Crippen molar-refractivity contribution in [1.82, 2.24) is 0 Å². The van der Waals surface area contributed by atoms with E-state index in [0.717, 1.165) is 64.2 Å². The summed E-state index contributed by atoms with van der Waals surface area (Å²) in [6, 6.07) is 0. The monoisotopic (exact) mass is 358 g/mol. The van der Waals surface area contributed by atoms with Gasteiger partial charge in [0.15, 0.2) is 0 Å². The molecule has 0 saturated heterocycles. The Kier molecular flexibility index (Phi) is 6.85. The molecule has 2 aliphatic rings. The molecular formula is C12H24O6P2S. The average Bonchev–Trinajstić information content (AvgIpc) is 2.38. The molecule has 0 heterocycles. The van der Waals surface area contributed by atoms with E-state index in [0.29, 0.717) is 0 Å². The quantitative estimate of drug-likeness (QED) is 0.694. The summed E-state index contributed by atoms with van der Waals surface area (Å²) in [6.07, 6.45) is 8.75. The van der Waals surface area contributed by atoms with E-state index in [9.17, 15) is 14.4 Å². The van der Waals surface area contributed by atoms with Crippen molar-refractivity contribution in [3.8, 4) is 0 Å². The molecule has 6 nitrogen and oxygen atoms in total. The highest BCUT2D eigenvalue weighted by molar-refractivity contribution is 8.08. The van der Waals surface area contributed by atoms with Gasteiger partial charge in [0.05, 0.1) is 12.2 Å². The molecule has 0 spiro atoms. The van der Waals surface area contributed by atoms with Crippen LogP contribution >= 0.6 is 14.5 Å². The first-order valence-electron chi connectivity index (χ1n) is 7.60. The summed E-state index contributed by atoms with van der Waals surface area (Å²) in [5, 5.41) is 0. The second-order valence-electron chi connectivity index (χ2n) is 5.75. The van der Waals surface area contributed by atoms with Crippen molar-refractivity contribution in [3.63, 3.8) is 0 Å². The molecule has 2 saturated carbocycles. The largest absolute Gasteiger partial charge is 0.479 e. The summed E-state index contributed by atoms with van der Waals surface area (Å²) in [5.41, 5.74) is 0. The minimum Gasteiger partial charge on any atom is -0.324 e. The van der Waals surface area contributed by atoms with Crippen LogP contribution in [0.2, 0.25) is 0 Å². The zero-order chi connectivity index (χ0) is 15.3. The molecule has 2 aliphatic carbocycles. The topological polar surface area (TPSA) is 85.2 Å². The Bertz CT molecular complexity index is 382. The molecular weight excluding hydrogens is 334 g/mol. The first-order valence-corrected chi connectivity index (χ1v) is 11.7. The molecule has 2 atom stereocenters. The number of rotatable bonds is 6. The highest BCUT2D eigenvalue weighted by atomic mass is 32.5. The van der Waals surface area contributed by atoms with Crippen LogP contribution in [-0.2, 0) is 29.7 Å². The van der Waals surface area contributed by atoms with Gasteiger partial charge in [0.2, 0.25) is 0 Å². The van der Waals surface area contributed by atoms with E-state index in [4.69, 9.17) is 25.2 Å². The van der Waals surface area contributed by atoms with Crippen molar-refractivity contribution >= 4 is 26.3 Å². The Hall–Kier alpha value is 0.680. The molecule has 21 heavy (non-hydrogen) atoms. The zero-order valence-corrected chi connectivity index (χ0v) is 14.7. The van der Waals surface area contributed by atoms with Crippen LogP contribution in [-0.4, -0.2) is 22.0 Å². The van der Waals surface area contributed by atoms with Crippen LogP contribution in [0.5, 0.6) is 0 Å². The van der Waals surface area contributed by atoms with Gasteiger partial charge in [-0.25, -0.2) is 8.88 Å². The maximum Gasteiger partial charge on any atom is 0.479 e. The fraction of sp³-hybridized carbons (Fsp3) is 1.00. The second-order valence-corrected chi connectivity index (χ2v) is 10.1. The lowest BCUT2D eigenvalue weighted by atomic mass is 9.98. The zero-order valence-electron chi connectivity index (χ0n) is 12.1. The van der Waals surface area contributed by atoms with Crippen LogP contribution in [0.3, 0.4) is 0 Å². The van der Waals surface area contributed by atoms with E-state index in [1.807, 2.05) is 0 Å². The van der Waals surface area contributed by atoms with Gasteiger partial charge in [-0.2, -0.15) is 0 Å². The van der Waals surface area contributed by atoms with Gasteiger partial charge in [-0.15, -0.1) is 0 Å². The van der Waals surface area contributed by atoms with Crippen LogP contribution in [0.1, 0.15) is 64.2 Å². The molecule has 2 unspecified atom stereocenters. The lowest BCUT2D eigenvalue weighted by Crippen LogP contribution is -2.17. The first-order chi connectivity index (χ1) is 9.86. The fourth-order valence-corrected chi connectivity index (χ4v) is 6.54. The van der Waals surface area contributed by atoms with Crippen molar-refractivity contribution in [2.45, 2.75) is 76.4 Å². The molecule has 0 amide bonds. The first kappa shape index (κ1) is 18.0. The molecule has 0 aliphatic heterocycles. The van der Waals surface area contributed by atoms with Gasteiger partial charge in [-0.1, -0.05) is 38.5 Å². The molecule has 2 rings (SSSR count). The molecule has 124 valence electrons. The second kappa shape index (κ2) is 7.98. The predicted molar refractivity (Wildman–Crippen MR) is 83.3 cm³/mol. The predicted octanol–water partition coefficient (Wildman–Crippen LogP) is 4.02. The Balaban J connectivity index is 1.84. The molecule has 2 N–H and O–H groups in total. The number of phosphoric ester groups is 1. The van der Waals surface area contributed by atoms with Crippen molar-refractivity contribution in [2.75, 3.05) is 0 Å². The maximum absolute atomic E-state index is 12.0. The molecule has 0 aromatic carbocycles. The Morgan fingerprint density at radius 2 is 1.24 bits per heavy atom. The standard InChI is InChI=1S/C12H24O6P2S/c13-19(14,16-11-7-3-1-4-8-11)18-20(15,21)17-12-9-5-2-6-10-12/h11-12H,1-10H2,(H,13,14)(H,15,21). The fourth-order valence-electron chi connectivity index (χ4n) is 2.89. The molecule has 9 heteroatoms. The van der Waals surface area contributed by atoms with Crippen LogP contribution in [0.15, 0.2) is 0 Å². The summed E-state index contributed by atoms with van der Waals surface area (Å²) in [6.45, 7) is -3.75. The average molecular weight is 358 g/mol. The van der Waals surface area contributed by atoms with Crippen molar-refractivity contribution in [1.29, 1.82) is 0 Å². The van der Waals surface area contributed by atoms with Gasteiger partial charge >= 0.3 is 14.5 Å². The third-order valence-electron chi connectivity index (χ3n) is 3.88. The summed E-state index contributed by atoms with van der Waals surface area (Å²) in [7, 11) is -4.38. The number of hydrogen-bond donors (Lipinski definition) is 2. The van der Waals surface area contributed by atoms with Gasteiger partial charge in [0.25, 0.3) is 0 Å². The maximum atomic E-state index is 12.0. The van der Waals surface area contributed by atoms with E-state index < -0.39 is 14.5 Å². The molecule has 0 bridgehead atoms. The normalized spacial score (nSPS) is 27.9. The van der Waals surface area contributed by atoms with Gasteiger partial charge < -0.3 is 14.3 Å². The van der Waals surface area contributed by atoms with Crippen LogP contribution in [0.4, 0.5) is 0 Å². The summed E-state index contributed by atoms with van der Waals surface area (Å²) < 4.78 is 27.2. The minimum atomic E-state index is -4.38. The van der Waals surface area contributed by atoms with E-state index in [2.05, 4.69) is 0 Å². The number of phosphoric acid groups is 1. The molecule has 0 aromatic heterocycles. The van der Waals surface area contributed by atoms with E-state index >= 15 is 0 Å². The van der Waals surface area contributed by atoms with E-state index in [1.54, 1.807) is 0 Å². The van der Waals surface area contributed by atoms with E-state index in [-0.39, 0.29) is 12.2 Å². The third-order valence-corrected chi connectivity index (χ3v) is 7.51. The van der Waals surface area contributed by atoms with E-state index in [1.165, 1.54) is 0 Å². The Morgan fingerprint density at radius 1 is 0.810 bits per heavy atom. The molecule has 2 fully saturated rings. The van der Waals surface area contributed by atoms with Crippen molar-refractivity contribution in [3.05, 3.63) is 0 Å². The Morgan fingerprint density at radius 3 is 1.71 bits per heavy atom. The molecule has 0 radical (unpaired) electrons. The summed E-state index contributed by atoms with van der Waals surface area (Å²) >= 11 is 4.85. The minimum absolute atomic E-state index is 0.190. The SMILES string of the molecule is O=P(O)(OC1CCCCC1)OP(O)(=S)OC1CCCCC1. The lowest BCUT2D eigenvalue weighted by molar-refractivity contribution is 0.0907. The van der Waals surface area contributed by atoms with Gasteiger partial charge in [0, 0.05) is 0 Å². The summed E-state index contributed by atoms with van der Waals surface area (Å²) in [4.78, 5) is 19.8. The van der Waals surface area contributed by atoms with Crippen LogP contribution in [0.25, 0.3) is 0 Å². The smallest absolute Gasteiger partial charge is 0.324 e. The van der Waals surface area contributed by atoms with Gasteiger partial charge in [-0.3, -0.25) is 4.52 Å². The highest BCUT2D eigenvalue weighted by Gasteiger charge is 2.36.